The summed E-state index contributed by atoms with van der Waals surface area (Å²) in [6, 6.07) is 10.2. The number of nitrogens with one attached hydrogen (secondary N) is 2. The van der Waals surface area contributed by atoms with E-state index in [0.29, 0.717) is 29.1 Å². The van der Waals surface area contributed by atoms with Crippen LogP contribution in [0.3, 0.4) is 0 Å². The van der Waals surface area contributed by atoms with Crippen LogP contribution in [0, 0.1) is 29.0 Å². The summed E-state index contributed by atoms with van der Waals surface area (Å²) in [5.74, 6) is 1.46. The number of hydrogen-bond donors (Lipinski definition) is 2. The van der Waals surface area contributed by atoms with Crippen molar-refractivity contribution < 1.29 is 14.0 Å². The van der Waals surface area contributed by atoms with Crippen LogP contribution in [0.1, 0.15) is 48.9 Å². The maximum atomic E-state index is 13.4. The van der Waals surface area contributed by atoms with Crippen LogP contribution in [0.15, 0.2) is 48.7 Å². The Morgan fingerprint density at radius 3 is 2.17 bits per heavy atom. The molecule has 0 unspecified atom stereocenters. The van der Waals surface area contributed by atoms with Crippen LogP contribution in [-0.4, -0.2) is 22.8 Å². The van der Waals surface area contributed by atoms with Gasteiger partial charge in [-0.25, -0.2) is 9.37 Å². The number of carbonyl (C=O) groups is 2. The Balaban J connectivity index is 1.44. The summed E-state index contributed by atoms with van der Waals surface area (Å²) in [5.41, 5.74) is 0.139. The molecule has 1 atom stereocenters. The molecule has 30 heavy (non-hydrogen) atoms. The average Bonchev–Trinajstić information content (AvgIpc) is 2.72. The molecular weight excluding hydrogens is 381 g/mol. The van der Waals surface area contributed by atoms with Crippen LogP contribution in [-0.2, 0) is 4.79 Å². The monoisotopic (exact) mass is 407 g/mol. The van der Waals surface area contributed by atoms with E-state index in [1.165, 1.54) is 43.5 Å². The van der Waals surface area contributed by atoms with Crippen molar-refractivity contribution in [2.45, 2.75) is 44.6 Å². The van der Waals surface area contributed by atoms with Gasteiger partial charge in [0.1, 0.15) is 17.7 Å². The number of amides is 2. The molecule has 0 aliphatic heterocycles. The third-order valence-electron chi connectivity index (χ3n) is 7.26. The van der Waals surface area contributed by atoms with Gasteiger partial charge in [0.15, 0.2) is 0 Å². The van der Waals surface area contributed by atoms with Crippen molar-refractivity contribution in [3.05, 3.63) is 60.0 Å². The molecule has 6 rings (SSSR count). The summed E-state index contributed by atoms with van der Waals surface area (Å²) < 4.78 is 13.3. The van der Waals surface area contributed by atoms with Gasteiger partial charge in [-0.3, -0.25) is 9.59 Å². The molecular formula is C24H26FN3O2. The second-order valence-corrected chi connectivity index (χ2v) is 9.40. The van der Waals surface area contributed by atoms with Gasteiger partial charge in [0.2, 0.25) is 5.91 Å². The fourth-order valence-corrected chi connectivity index (χ4v) is 6.48. The van der Waals surface area contributed by atoms with Crippen molar-refractivity contribution in [1.82, 2.24) is 10.3 Å². The number of rotatable bonds is 5. The highest BCUT2D eigenvalue weighted by Gasteiger charge is 2.56. The SMILES string of the molecule is O=C(N[C@H](C(=O)Nc1ccccn1)C12CC3CC(CC(C3)C1)C2)c1ccc(F)cc1. The summed E-state index contributed by atoms with van der Waals surface area (Å²) in [7, 11) is 0. The Labute approximate surface area is 175 Å². The first-order chi connectivity index (χ1) is 14.5. The minimum Gasteiger partial charge on any atom is -0.340 e. The second-order valence-electron chi connectivity index (χ2n) is 9.40. The predicted octanol–water partition coefficient (Wildman–Crippen LogP) is 4.17. The summed E-state index contributed by atoms with van der Waals surface area (Å²) in [5, 5.41) is 5.94. The van der Waals surface area contributed by atoms with Gasteiger partial charge in [0, 0.05) is 17.2 Å². The second kappa shape index (κ2) is 7.49. The zero-order valence-corrected chi connectivity index (χ0v) is 16.8. The molecule has 4 aliphatic rings. The molecule has 2 amide bonds. The van der Waals surface area contributed by atoms with Crippen molar-refractivity contribution in [3.8, 4) is 0 Å². The number of pyridine rings is 1. The third-order valence-corrected chi connectivity index (χ3v) is 7.26. The Bertz CT molecular complexity index is 909. The number of nitrogens with zero attached hydrogens (tertiary/aromatic N) is 1. The normalized spacial score (nSPS) is 30.0. The van der Waals surface area contributed by atoms with E-state index < -0.39 is 11.9 Å². The molecule has 0 spiro atoms. The van der Waals surface area contributed by atoms with Gasteiger partial charge in [-0.15, -0.1) is 0 Å². The number of hydrogen-bond acceptors (Lipinski definition) is 3. The van der Waals surface area contributed by atoms with E-state index in [1.54, 1.807) is 18.3 Å². The molecule has 6 heteroatoms. The van der Waals surface area contributed by atoms with Crippen molar-refractivity contribution in [2.24, 2.45) is 23.2 Å². The van der Waals surface area contributed by atoms with Crippen molar-refractivity contribution in [1.29, 1.82) is 0 Å². The molecule has 2 N–H and O–H groups in total. The molecule has 4 aliphatic carbocycles. The standard InChI is InChI=1S/C24H26FN3O2/c25-19-6-4-18(5-7-19)22(29)28-21(23(30)27-20-3-1-2-8-26-20)24-12-15-9-16(13-24)11-17(10-15)14-24/h1-8,15-17,21H,9-14H2,(H,28,29)(H,26,27,30)/t15?,16?,17?,21-,24?/m1/s1. The van der Waals surface area contributed by atoms with Gasteiger partial charge in [-0.05, 0) is 92.7 Å². The average molecular weight is 407 g/mol. The minimum absolute atomic E-state index is 0.217. The first-order valence-corrected chi connectivity index (χ1v) is 10.8. The Kier molecular flexibility index (Phi) is 4.80. The zero-order valence-electron chi connectivity index (χ0n) is 16.8. The van der Waals surface area contributed by atoms with E-state index in [9.17, 15) is 14.0 Å². The van der Waals surface area contributed by atoms with Gasteiger partial charge >= 0.3 is 0 Å². The molecule has 4 fully saturated rings. The number of anilines is 1. The van der Waals surface area contributed by atoms with Crippen LogP contribution < -0.4 is 10.6 Å². The van der Waals surface area contributed by atoms with Gasteiger partial charge in [0.05, 0.1) is 0 Å². The lowest BCUT2D eigenvalue weighted by Gasteiger charge is -2.58. The highest BCUT2D eigenvalue weighted by atomic mass is 19.1. The van der Waals surface area contributed by atoms with Crippen molar-refractivity contribution in [3.63, 3.8) is 0 Å². The third kappa shape index (κ3) is 3.59. The van der Waals surface area contributed by atoms with Crippen molar-refractivity contribution >= 4 is 17.6 Å². The molecule has 0 saturated heterocycles. The molecule has 4 bridgehead atoms. The summed E-state index contributed by atoms with van der Waals surface area (Å²) in [6.45, 7) is 0. The molecule has 2 aromatic rings. The van der Waals surface area contributed by atoms with E-state index in [4.69, 9.17) is 0 Å². The van der Waals surface area contributed by atoms with Crippen LogP contribution in [0.2, 0.25) is 0 Å². The molecule has 4 saturated carbocycles. The Morgan fingerprint density at radius 2 is 1.60 bits per heavy atom. The van der Waals surface area contributed by atoms with Gasteiger partial charge in [-0.2, -0.15) is 0 Å². The topological polar surface area (TPSA) is 71.1 Å². The van der Waals surface area contributed by atoms with E-state index in [-0.39, 0.29) is 17.2 Å². The van der Waals surface area contributed by atoms with E-state index >= 15 is 0 Å². The smallest absolute Gasteiger partial charge is 0.251 e. The predicted molar refractivity (Wildman–Crippen MR) is 111 cm³/mol. The largest absolute Gasteiger partial charge is 0.340 e. The first kappa shape index (κ1) is 19.2. The molecule has 156 valence electrons. The van der Waals surface area contributed by atoms with Crippen LogP contribution >= 0.6 is 0 Å². The number of aromatic nitrogens is 1. The van der Waals surface area contributed by atoms with Crippen LogP contribution in [0.5, 0.6) is 0 Å². The summed E-state index contributed by atoms with van der Waals surface area (Å²) >= 11 is 0. The summed E-state index contributed by atoms with van der Waals surface area (Å²) in [6.07, 6.45) is 8.31. The summed E-state index contributed by atoms with van der Waals surface area (Å²) in [4.78, 5) is 30.6. The molecule has 0 radical (unpaired) electrons. The molecule has 1 aromatic heterocycles. The lowest BCUT2D eigenvalue weighted by molar-refractivity contribution is -0.129. The van der Waals surface area contributed by atoms with Crippen LogP contribution in [0.25, 0.3) is 0 Å². The Hall–Kier alpha value is -2.76. The first-order valence-electron chi connectivity index (χ1n) is 10.8. The highest BCUT2D eigenvalue weighted by molar-refractivity contribution is 6.01. The quantitative estimate of drug-likeness (QED) is 0.781. The maximum absolute atomic E-state index is 13.4. The lowest BCUT2D eigenvalue weighted by Crippen LogP contribution is -2.61. The number of carbonyl (C=O) groups excluding carboxylic acids is 2. The Morgan fingerprint density at radius 1 is 0.967 bits per heavy atom. The van der Waals surface area contributed by atoms with Crippen molar-refractivity contribution in [2.75, 3.05) is 5.32 Å². The van der Waals surface area contributed by atoms with Gasteiger partial charge < -0.3 is 10.6 Å². The molecule has 1 aromatic carbocycles. The molecule has 5 nitrogen and oxygen atoms in total. The van der Waals surface area contributed by atoms with Gasteiger partial charge in [-0.1, -0.05) is 6.07 Å². The fourth-order valence-electron chi connectivity index (χ4n) is 6.48. The lowest BCUT2D eigenvalue weighted by atomic mass is 9.47. The van der Waals surface area contributed by atoms with E-state index in [1.807, 2.05) is 6.07 Å². The van der Waals surface area contributed by atoms with Crippen LogP contribution in [0.4, 0.5) is 10.2 Å². The maximum Gasteiger partial charge on any atom is 0.251 e. The number of halogens is 1. The van der Waals surface area contributed by atoms with E-state index in [2.05, 4.69) is 15.6 Å². The molecule has 1 heterocycles. The number of benzene rings is 1. The highest BCUT2D eigenvalue weighted by Crippen LogP contribution is 2.61. The van der Waals surface area contributed by atoms with E-state index in [0.717, 1.165) is 19.3 Å². The fraction of sp³-hybridized carbons (Fsp3) is 0.458. The van der Waals surface area contributed by atoms with Gasteiger partial charge in [0.25, 0.3) is 5.91 Å². The zero-order chi connectivity index (χ0) is 20.7. The minimum atomic E-state index is -0.634.